The molecule has 0 saturated heterocycles. The summed E-state index contributed by atoms with van der Waals surface area (Å²) in [7, 11) is -2.38. The number of carbonyl (C=O) groups is 1. The van der Waals surface area contributed by atoms with Gasteiger partial charge in [-0.15, -0.1) is 0 Å². The maximum Gasteiger partial charge on any atom is 0.274 e. The van der Waals surface area contributed by atoms with E-state index in [9.17, 15) is 17.6 Å². The summed E-state index contributed by atoms with van der Waals surface area (Å²) in [6.45, 7) is 1.90. The Morgan fingerprint density at radius 1 is 1.05 bits per heavy atom. The number of nitrogens with one attached hydrogen (secondary N) is 2. The second kappa shape index (κ2) is 9.30. The van der Waals surface area contributed by atoms with E-state index < -0.39 is 21.7 Å². The van der Waals surface area contributed by atoms with Gasteiger partial charge in [-0.05, 0) is 55.0 Å². The normalized spacial score (nSPS) is 11.6. The SMILES string of the molecule is Cc1ccc(-n2cc(S(=O)(=O)Nc3ccc4c(C(=O)Nc5ccc(F)c(Cl)c5)n(C)nc4c3)cn2)nc1. The van der Waals surface area contributed by atoms with Crippen molar-refractivity contribution in [1.29, 1.82) is 0 Å². The maximum atomic E-state index is 13.4. The monoisotopic (exact) mass is 539 g/mol. The predicted octanol–water partition coefficient (Wildman–Crippen LogP) is 4.31. The zero-order valence-corrected chi connectivity index (χ0v) is 21.0. The number of anilines is 2. The van der Waals surface area contributed by atoms with Crippen molar-refractivity contribution in [3.8, 4) is 5.82 Å². The van der Waals surface area contributed by atoms with Crippen LogP contribution in [-0.2, 0) is 17.1 Å². The van der Waals surface area contributed by atoms with Crippen molar-refractivity contribution in [2.75, 3.05) is 10.0 Å². The van der Waals surface area contributed by atoms with Crippen LogP contribution in [0, 0.1) is 12.7 Å². The fraction of sp³-hybridized carbons (Fsp3) is 0.0833. The number of aryl methyl sites for hydroxylation is 2. The van der Waals surface area contributed by atoms with Gasteiger partial charge in [0.15, 0.2) is 5.82 Å². The molecule has 0 unspecified atom stereocenters. The number of nitrogens with zero attached hydrogens (tertiary/aromatic N) is 5. The van der Waals surface area contributed by atoms with Crippen LogP contribution in [0.25, 0.3) is 16.7 Å². The smallest absolute Gasteiger partial charge is 0.274 e. The highest BCUT2D eigenvalue weighted by Crippen LogP contribution is 2.26. The summed E-state index contributed by atoms with van der Waals surface area (Å²) in [5.74, 6) is -0.603. The molecule has 5 rings (SSSR count). The molecule has 0 radical (unpaired) electrons. The van der Waals surface area contributed by atoms with Gasteiger partial charge in [0.1, 0.15) is 16.4 Å². The van der Waals surface area contributed by atoms with Crippen LogP contribution in [0.4, 0.5) is 15.8 Å². The van der Waals surface area contributed by atoms with Crippen LogP contribution in [0.1, 0.15) is 16.1 Å². The van der Waals surface area contributed by atoms with Gasteiger partial charge in [0.2, 0.25) is 0 Å². The lowest BCUT2D eigenvalue weighted by molar-refractivity contribution is 0.101. The first-order chi connectivity index (χ1) is 17.6. The molecule has 37 heavy (non-hydrogen) atoms. The number of amides is 1. The Morgan fingerprint density at radius 3 is 2.57 bits per heavy atom. The molecule has 0 bridgehead atoms. The topological polar surface area (TPSA) is 124 Å². The Kier molecular flexibility index (Phi) is 6.13. The summed E-state index contributed by atoms with van der Waals surface area (Å²) in [5.41, 5.74) is 2.16. The van der Waals surface area contributed by atoms with E-state index in [-0.39, 0.29) is 21.3 Å². The molecular weight excluding hydrogens is 521 g/mol. The third-order valence-corrected chi connectivity index (χ3v) is 7.10. The fourth-order valence-corrected chi connectivity index (χ4v) is 4.84. The number of aromatic nitrogens is 5. The molecular formula is C24H19ClFN7O3S. The summed E-state index contributed by atoms with van der Waals surface area (Å²) in [6, 6.07) is 12.1. The highest BCUT2D eigenvalue weighted by atomic mass is 35.5. The van der Waals surface area contributed by atoms with Gasteiger partial charge in [-0.2, -0.15) is 10.2 Å². The molecule has 0 aliphatic rings. The van der Waals surface area contributed by atoms with Crippen molar-refractivity contribution >= 4 is 49.8 Å². The Hall–Kier alpha value is -4.29. The predicted molar refractivity (Wildman–Crippen MR) is 137 cm³/mol. The second-order valence-corrected chi connectivity index (χ2v) is 10.3. The van der Waals surface area contributed by atoms with Gasteiger partial charge < -0.3 is 5.32 Å². The quantitative estimate of drug-likeness (QED) is 0.331. The van der Waals surface area contributed by atoms with Crippen molar-refractivity contribution in [3.63, 3.8) is 0 Å². The van der Waals surface area contributed by atoms with E-state index in [1.165, 1.54) is 46.0 Å². The lowest BCUT2D eigenvalue weighted by Crippen LogP contribution is -2.16. The first-order valence-corrected chi connectivity index (χ1v) is 12.7. The van der Waals surface area contributed by atoms with E-state index in [0.29, 0.717) is 22.4 Å². The van der Waals surface area contributed by atoms with Gasteiger partial charge in [0.25, 0.3) is 15.9 Å². The first kappa shape index (κ1) is 24.4. The molecule has 5 aromatic rings. The second-order valence-electron chi connectivity index (χ2n) is 8.21. The highest BCUT2D eigenvalue weighted by molar-refractivity contribution is 7.92. The maximum absolute atomic E-state index is 13.4. The van der Waals surface area contributed by atoms with E-state index in [1.807, 2.05) is 13.0 Å². The van der Waals surface area contributed by atoms with Crippen molar-refractivity contribution in [3.05, 3.63) is 89.2 Å². The number of fused-ring (bicyclic) bond motifs is 1. The molecule has 0 atom stereocenters. The van der Waals surface area contributed by atoms with Gasteiger partial charge in [-0.25, -0.2) is 22.5 Å². The van der Waals surface area contributed by atoms with Gasteiger partial charge in [-0.3, -0.25) is 14.2 Å². The number of benzene rings is 2. The Morgan fingerprint density at radius 2 is 1.84 bits per heavy atom. The molecule has 13 heteroatoms. The minimum Gasteiger partial charge on any atom is -0.321 e. The van der Waals surface area contributed by atoms with Crippen LogP contribution in [0.15, 0.2) is 72.0 Å². The highest BCUT2D eigenvalue weighted by Gasteiger charge is 2.21. The number of carbonyl (C=O) groups excluding carboxylic acids is 1. The molecule has 188 valence electrons. The largest absolute Gasteiger partial charge is 0.321 e. The molecule has 3 aromatic heterocycles. The number of rotatable bonds is 6. The number of sulfonamides is 1. The summed E-state index contributed by atoms with van der Waals surface area (Å²) >= 11 is 5.79. The van der Waals surface area contributed by atoms with Crippen LogP contribution >= 0.6 is 11.6 Å². The van der Waals surface area contributed by atoms with Gasteiger partial charge >= 0.3 is 0 Å². The average molecular weight is 540 g/mol. The molecule has 3 heterocycles. The standard InChI is InChI=1S/C24H19ClFN7O3S/c1-14-3-8-22(27-11-14)33-13-17(12-28-33)37(35,36)31-16-4-6-18-21(10-16)30-32(2)23(18)24(34)29-15-5-7-20(26)19(25)9-15/h3-13,31H,1-2H3,(H,29,34). The Labute approximate surface area is 215 Å². The van der Waals surface area contributed by atoms with Crippen molar-refractivity contribution in [2.45, 2.75) is 11.8 Å². The number of hydrogen-bond acceptors (Lipinski definition) is 6. The molecule has 1 amide bonds. The molecule has 0 aliphatic carbocycles. The third-order valence-electron chi connectivity index (χ3n) is 5.48. The van der Waals surface area contributed by atoms with Crippen LogP contribution in [-0.4, -0.2) is 38.9 Å². The van der Waals surface area contributed by atoms with Crippen LogP contribution < -0.4 is 10.0 Å². The van der Waals surface area contributed by atoms with E-state index in [1.54, 1.807) is 25.4 Å². The minimum atomic E-state index is -3.96. The molecule has 10 nitrogen and oxygen atoms in total. The summed E-state index contributed by atoms with van der Waals surface area (Å²) in [4.78, 5) is 17.1. The Balaban J connectivity index is 1.38. The van der Waals surface area contributed by atoms with Gasteiger partial charge in [0.05, 0.1) is 28.6 Å². The minimum absolute atomic E-state index is 0.0472. The molecule has 0 spiro atoms. The summed E-state index contributed by atoms with van der Waals surface area (Å²) < 4.78 is 44.6. The molecule has 0 fully saturated rings. The van der Waals surface area contributed by atoms with Gasteiger partial charge in [0, 0.05) is 24.3 Å². The molecule has 0 saturated carbocycles. The number of pyridine rings is 1. The van der Waals surface area contributed by atoms with E-state index in [2.05, 4.69) is 25.2 Å². The van der Waals surface area contributed by atoms with E-state index >= 15 is 0 Å². The van der Waals surface area contributed by atoms with Crippen molar-refractivity contribution in [1.82, 2.24) is 24.5 Å². The lowest BCUT2D eigenvalue weighted by atomic mass is 10.2. The average Bonchev–Trinajstić information content (AvgIpc) is 3.46. The molecule has 2 N–H and O–H groups in total. The third kappa shape index (κ3) is 4.88. The van der Waals surface area contributed by atoms with Crippen molar-refractivity contribution < 1.29 is 17.6 Å². The van der Waals surface area contributed by atoms with Crippen LogP contribution in [0.5, 0.6) is 0 Å². The van der Waals surface area contributed by atoms with E-state index in [4.69, 9.17) is 11.6 Å². The Bertz CT molecular complexity index is 1770. The lowest BCUT2D eigenvalue weighted by Gasteiger charge is -2.07. The fourth-order valence-electron chi connectivity index (χ4n) is 3.68. The van der Waals surface area contributed by atoms with Crippen molar-refractivity contribution in [2.24, 2.45) is 7.05 Å². The summed E-state index contributed by atoms with van der Waals surface area (Å²) in [6.07, 6.45) is 4.26. The molecule has 0 aliphatic heterocycles. The zero-order valence-electron chi connectivity index (χ0n) is 19.5. The molecule has 2 aromatic carbocycles. The van der Waals surface area contributed by atoms with Crippen LogP contribution in [0.2, 0.25) is 5.02 Å². The summed E-state index contributed by atoms with van der Waals surface area (Å²) in [5, 5.41) is 11.5. The van der Waals surface area contributed by atoms with E-state index in [0.717, 1.165) is 11.6 Å². The van der Waals surface area contributed by atoms with Crippen LogP contribution in [0.3, 0.4) is 0 Å². The zero-order chi connectivity index (χ0) is 26.3. The number of halogens is 2. The first-order valence-electron chi connectivity index (χ1n) is 10.8. The number of hydrogen-bond donors (Lipinski definition) is 2. The van der Waals surface area contributed by atoms with Gasteiger partial charge in [-0.1, -0.05) is 17.7 Å².